The molecule has 0 amide bonds. The molecule has 116 valence electrons. The zero-order chi connectivity index (χ0) is 16.7. The van der Waals surface area contributed by atoms with Gasteiger partial charge in [-0.25, -0.2) is 4.79 Å². The first kappa shape index (κ1) is 15.6. The highest BCUT2D eigenvalue weighted by atomic mass is 32.2. The van der Waals surface area contributed by atoms with E-state index in [-0.39, 0.29) is 16.6 Å². The molecule has 0 saturated heterocycles. The number of nitrogens with two attached hydrogens (primary N) is 1. The Balaban J connectivity index is 2.84. The first-order valence-electron chi connectivity index (χ1n) is 5.87. The number of carboxylic acid groups (broad SMARTS) is 1. The van der Waals surface area contributed by atoms with Crippen molar-refractivity contribution in [1.29, 1.82) is 5.41 Å². The van der Waals surface area contributed by atoms with Crippen LogP contribution in [0.1, 0.15) is 15.9 Å². The van der Waals surface area contributed by atoms with Gasteiger partial charge in [-0.2, -0.15) is 8.42 Å². The quantitative estimate of drug-likeness (QED) is 0.370. The molecule has 0 aliphatic heterocycles. The second-order valence-corrected chi connectivity index (χ2v) is 6.12. The molecule has 0 saturated carbocycles. The second kappa shape index (κ2) is 5.19. The zero-order valence-corrected chi connectivity index (χ0v) is 12.1. The highest BCUT2D eigenvalue weighted by molar-refractivity contribution is 7.86. The Labute approximate surface area is 125 Å². The van der Waals surface area contributed by atoms with Crippen molar-refractivity contribution in [1.82, 2.24) is 0 Å². The Morgan fingerprint density at radius 1 is 1.32 bits per heavy atom. The van der Waals surface area contributed by atoms with Crippen molar-refractivity contribution in [3.8, 4) is 11.5 Å². The molecule has 0 radical (unpaired) electrons. The second-order valence-electron chi connectivity index (χ2n) is 4.54. The smallest absolute Gasteiger partial charge is 0.340 e. The third-order valence-corrected chi connectivity index (χ3v) is 3.33. The van der Waals surface area contributed by atoms with Crippen molar-refractivity contribution in [2.24, 2.45) is 5.73 Å². The molecule has 0 aromatic heterocycles. The van der Waals surface area contributed by atoms with Gasteiger partial charge < -0.3 is 20.1 Å². The summed E-state index contributed by atoms with van der Waals surface area (Å²) in [5.41, 5.74) is 5.19. The van der Waals surface area contributed by atoms with E-state index in [4.69, 9.17) is 11.1 Å². The van der Waals surface area contributed by atoms with Gasteiger partial charge in [0.05, 0.1) is 6.26 Å². The van der Waals surface area contributed by atoms with Crippen LogP contribution in [0.4, 0.5) is 0 Å². The van der Waals surface area contributed by atoms with E-state index in [1.54, 1.807) is 0 Å². The summed E-state index contributed by atoms with van der Waals surface area (Å²) in [5.74, 6) is -2.98. The van der Waals surface area contributed by atoms with Crippen LogP contribution in [0.15, 0.2) is 24.3 Å². The monoisotopic (exact) mass is 324 g/mol. The minimum absolute atomic E-state index is 0.163. The number of hydrogen-bond donors (Lipinski definition) is 4. The van der Waals surface area contributed by atoms with Crippen molar-refractivity contribution >= 4 is 32.7 Å². The maximum atomic E-state index is 11.3. The molecule has 8 nitrogen and oxygen atoms in total. The number of nitrogen functional groups attached to an aromatic ring is 1. The maximum Gasteiger partial charge on any atom is 0.340 e. The number of aromatic carboxylic acids is 1. The Hall–Kier alpha value is -2.81. The van der Waals surface area contributed by atoms with E-state index in [1.807, 2.05) is 0 Å². The lowest BCUT2D eigenvalue weighted by molar-refractivity contribution is 0.0695. The van der Waals surface area contributed by atoms with Crippen molar-refractivity contribution in [2.75, 3.05) is 6.26 Å². The average molecular weight is 324 g/mol. The fourth-order valence-electron chi connectivity index (χ4n) is 1.98. The van der Waals surface area contributed by atoms with E-state index in [9.17, 15) is 23.4 Å². The predicted molar refractivity (Wildman–Crippen MR) is 79.1 cm³/mol. The van der Waals surface area contributed by atoms with Crippen molar-refractivity contribution in [3.05, 3.63) is 35.4 Å². The first-order chi connectivity index (χ1) is 10.1. The van der Waals surface area contributed by atoms with Gasteiger partial charge in [0.25, 0.3) is 0 Å². The van der Waals surface area contributed by atoms with Gasteiger partial charge in [0.1, 0.15) is 11.4 Å². The standard InChI is InChI=1S/C13H12N2O6S/c1-22(19,20)21-9-5-7-4-6(12(14)15)2-3-8(7)10(11(9)16)13(17)18/h2-5,16H,1H3,(H3,14,15)(H,17,18). The molecule has 2 aromatic rings. The van der Waals surface area contributed by atoms with Crippen LogP contribution in [0.2, 0.25) is 0 Å². The Morgan fingerprint density at radius 3 is 2.45 bits per heavy atom. The Morgan fingerprint density at radius 2 is 1.95 bits per heavy atom. The molecule has 0 spiro atoms. The molecule has 22 heavy (non-hydrogen) atoms. The number of phenols is 1. The third-order valence-electron chi connectivity index (χ3n) is 2.84. The van der Waals surface area contributed by atoms with Gasteiger partial charge >= 0.3 is 16.1 Å². The molecule has 0 atom stereocenters. The topological polar surface area (TPSA) is 151 Å². The Kier molecular flexibility index (Phi) is 3.67. The molecule has 0 heterocycles. The summed E-state index contributed by atoms with van der Waals surface area (Å²) in [6.07, 6.45) is 0.767. The van der Waals surface area contributed by atoms with E-state index in [2.05, 4.69) is 4.18 Å². The number of amidine groups is 1. The Bertz CT molecular complexity index is 904. The van der Waals surface area contributed by atoms with Crippen LogP contribution >= 0.6 is 0 Å². The lowest BCUT2D eigenvalue weighted by Gasteiger charge is -2.12. The number of benzene rings is 2. The number of nitrogens with one attached hydrogen (secondary N) is 1. The maximum absolute atomic E-state index is 11.3. The molecule has 0 aliphatic rings. The number of carbonyl (C=O) groups is 1. The van der Waals surface area contributed by atoms with Crippen LogP contribution < -0.4 is 9.92 Å². The van der Waals surface area contributed by atoms with E-state index < -0.39 is 33.1 Å². The van der Waals surface area contributed by atoms with E-state index in [0.29, 0.717) is 5.56 Å². The van der Waals surface area contributed by atoms with E-state index in [0.717, 1.165) is 6.26 Å². The zero-order valence-electron chi connectivity index (χ0n) is 11.3. The molecular weight excluding hydrogens is 312 g/mol. The summed E-state index contributed by atoms with van der Waals surface area (Å²) in [4.78, 5) is 11.3. The van der Waals surface area contributed by atoms with Gasteiger partial charge in [-0.1, -0.05) is 12.1 Å². The molecular formula is C13H12N2O6S. The average Bonchev–Trinajstić information content (AvgIpc) is 2.36. The molecule has 0 unspecified atom stereocenters. The summed E-state index contributed by atoms with van der Waals surface area (Å²) in [5, 5.41) is 27.0. The van der Waals surface area contributed by atoms with Gasteiger partial charge in [0.2, 0.25) is 0 Å². The summed E-state index contributed by atoms with van der Waals surface area (Å²) >= 11 is 0. The van der Waals surface area contributed by atoms with Crippen LogP contribution in [-0.4, -0.2) is 36.7 Å². The van der Waals surface area contributed by atoms with Crippen molar-refractivity contribution in [2.45, 2.75) is 0 Å². The van der Waals surface area contributed by atoms with Crippen LogP contribution in [0, 0.1) is 5.41 Å². The van der Waals surface area contributed by atoms with Crippen molar-refractivity contribution in [3.63, 3.8) is 0 Å². The highest BCUT2D eigenvalue weighted by Crippen LogP contribution is 2.37. The van der Waals surface area contributed by atoms with Gasteiger partial charge in [-0.05, 0) is 17.5 Å². The van der Waals surface area contributed by atoms with Crippen LogP contribution in [0.25, 0.3) is 10.8 Å². The van der Waals surface area contributed by atoms with Gasteiger partial charge in [0.15, 0.2) is 11.5 Å². The molecule has 9 heteroatoms. The molecule has 5 N–H and O–H groups in total. The summed E-state index contributed by atoms with van der Waals surface area (Å²) in [6, 6.07) is 5.37. The van der Waals surface area contributed by atoms with Crippen LogP contribution in [-0.2, 0) is 10.1 Å². The lowest BCUT2D eigenvalue weighted by atomic mass is 10.00. The molecule has 0 aliphatic carbocycles. The van der Waals surface area contributed by atoms with Gasteiger partial charge in [-0.15, -0.1) is 0 Å². The van der Waals surface area contributed by atoms with Gasteiger partial charge in [-0.3, -0.25) is 5.41 Å². The number of hydrogen-bond acceptors (Lipinski definition) is 6. The number of rotatable bonds is 4. The first-order valence-corrected chi connectivity index (χ1v) is 7.68. The number of aromatic hydroxyl groups is 1. The minimum Gasteiger partial charge on any atom is -0.504 e. The van der Waals surface area contributed by atoms with E-state index in [1.165, 1.54) is 24.3 Å². The normalized spacial score (nSPS) is 11.3. The molecule has 0 bridgehead atoms. The fraction of sp³-hybridized carbons (Fsp3) is 0.0769. The third kappa shape index (κ3) is 2.93. The van der Waals surface area contributed by atoms with Gasteiger partial charge in [0, 0.05) is 10.9 Å². The molecule has 0 fully saturated rings. The summed E-state index contributed by atoms with van der Waals surface area (Å²) in [6.45, 7) is 0. The van der Waals surface area contributed by atoms with Crippen LogP contribution in [0.3, 0.4) is 0 Å². The number of fused-ring (bicyclic) bond motifs is 1. The molecule has 2 rings (SSSR count). The lowest BCUT2D eigenvalue weighted by Crippen LogP contribution is -2.11. The summed E-state index contributed by atoms with van der Waals surface area (Å²) in [7, 11) is -3.96. The molecule has 2 aromatic carbocycles. The highest BCUT2D eigenvalue weighted by Gasteiger charge is 2.22. The van der Waals surface area contributed by atoms with Crippen molar-refractivity contribution < 1.29 is 27.6 Å². The SMILES string of the molecule is CS(=O)(=O)Oc1cc2cc(C(=N)N)ccc2c(C(=O)O)c1O. The fourth-order valence-corrected chi connectivity index (χ4v) is 2.43. The number of carboxylic acids is 1. The van der Waals surface area contributed by atoms with Crippen LogP contribution in [0.5, 0.6) is 11.5 Å². The van der Waals surface area contributed by atoms with E-state index >= 15 is 0 Å². The predicted octanol–water partition coefficient (Wildman–Crippen LogP) is 0.866. The summed E-state index contributed by atoms with van der Waals surface area (Å²) < 4.78 is 27.0. The minimum atomic E-state index is -3.96. The largest absolute Gasteiger partial charge is 0.504 e.